The summed E-state index contributed by atoms with van der Waals surface area (Å²) in [7, 11) is 0. The lowest BCUT2D eigenvalue weighted by Gasteiger charge is -2.31. The normalized spacial score (nSPS) is 26.5. The lowest BCUT2D eigenvalue weighted by Crippen LogP contribution is -2.32. The number of allylic oxidation sites excluding steroid dienone is 2. The second kappa shape index (κ2) is 2.98. The molecule has 64 valence electrons. The highest BCUT2D eigenvalue weighted by Gasteiger charge is 2.27. The van der Waals surface area contributed by atoms with E-state index < -0.39 is 5.60 Å². The van der Waals surface area contributed by atoms with Gasteiger partial charge in [0.25, 0.3) is 0 Å². The Kier molecular flexibility index (Phi) is 2.38. The number of rotatable bonds is 1. The summed E-state index contributed by atoms with van der Waals surface area (Å²) in [6.07, 6.45) is 5.63. The first-order valence-corrected chi connectivity index (χ1v) is 4.38. The smallest absolute Gasteiger partial charge is 0.0622 e. The van der Waals surface area contributed by atoms with Gasteiger partial charge in [0.1, 0.15) is 0 Å². The predicted molar refractivity (Wildman–Crippen MR) is 47.4 cm³/mol. The molecular formula is C10H18O. The lowest BCUT2D eigenvalue weighted by molar-refractivity contribution is 0.0118. The summed E-state index contributed by atoms with van der Waals surface area (Å²) in [6.45, 7) is 5.98. The zero-order chi connectivity index (χ0) is 8.48. The van der Waals surface area contributed by atoms with E-state index in [1.807, 2.05) is 13.8 Å². The first-order valence-electron chi connectivity index (χ1n) is 4.38. The van der Waals surface area contributed by atoms with E-state index in [1.54, 1.807) is 0 Å². The van der Waals surface area contributed by atoms with E-state index >= 15 is 0 Å². The molecule has 0 aliphatic heterocycles. The van der Waals surface area contributed by atoms with Gasteiger partial charge < -0.3 is 5.11 Å². The highest BCUT2D eigenvalue weighted by atomic mass is 16.3. The monoisotopic (exact) mass is 154 g/mol. The first-order chi connectivity index (χ1) is 5.00. The van der Waals surface area contributed by atoms with Crippen molar-refractivity contribution in [3.05, 3.63) is 11.6 Å². The van der Waals surface area contributed by atoms with Gasteiger partial charge in [0.2, 0.25) is 0 Å². The van der Waals surface area contributed by atoms with E-state index in [0.29, 0.717) is 5.92 Å². The van der Waals surface area contributed by atoms with Crippen LogP contribution in [0.4, 0.5) is 0 Å². The number of hydrogen-bond acceptors (Lipinski definition) is 1. The van der Waals surface area contributed by atoms with Crippen LogP contribution in [0.5, 0.6) is 0 Å². The molecule has 1 aliphatic carbocycles. The summed E-state index contributed by atoms with van der Waals surface area (Å²) in [5.74, 6) is 0.465. The fourth-order valence-electron chi connectivity index (χ4n) is 1.71. The van der Waals surface area contributed by atoms with Crippen LogP contribution in [0.2, 0.25) is 0 Å². The van der Waals surface area contributed by atoms with Crippen LogP contribution >= 0.6 is 0 Å². The molecule has 1 rings (SSSR count). The van der Waals surface area contributed by atoms with Crippen LogP contribution in [0.25, 0.3) is 0 Å². The summed E-state index contributed by atoms with van der Waals surface area (Å²) in [4.78, 5) is 0. The van der Waals surface area contributed by atoms with Crippen LogP contribution < -0.4 is 0 Å². The zero-order valence-corrected chi connectivity index (χ0v) is 7.72. The quantitative estimate of drug-likeness (QED) is 0.575. The van der Waals surface area contributed by atoms with Gasteiger partial charge >= 0.3 is 0 Å². The van der Waals surface area contributed by atoms with Crippen molar-refractivity contribution in [3.8, 4) is 0 Å². The Balaban J connectivity index is 2.58. The number of aliphatic hydroxyl groups is 1. The van der Waals surface area contributed by atoms with Gasteiger partial charge in [-0.25, -0.2) is 0 Å². The summed E-state index contributed by atoms with van der Waals surface area (Å²) in [5.41, 5.74) is 0.943. The molecule has 0 fully saturated rings. The second-order valence-corrected chi connectivity index (χ2v) is 4.18. The maximum absolute atomic E-state index is 9.73. The molecule has 0 aromatic carbocycles. The van der Waals surface area contributed by atoms with E-state index in [2.05, 4.69) is 13.0 Å². The molecule has 1 unspecified atom stereocenters. The van der Waals surface area contributed by atoms with Crippen LogP contribution in [-0.4, -0.2) is 10.7 Å². The third kappa shape index (κ3) is 2.33. The van der Waals surface area contributed by atoms with Gasteiger partial charge in [-0.05, 0) is 46.0 Å². The van der Waals surface area contributed by atoms with Crippen LogP contribution in [0.15, 0.2) is 11.6 Å². The van der Waals surface area contributed by atoms with Gasteiger partial charge in [-0.1, -0.05) is 11.6 Å². The first kappa shape index (κ1) is 8.79. The lowest BCUT2D eigenvalue weighted by atomic mass is 9.79. The maximum Gasteiger partial charge on any atom is 0.0622 e. The van der Waals surface area contributed by atoms with Crippen molar-refractivity contribution in [1.82, 2.24) is 0 Å². The molecule has 0 saturated heterocycles. The summed E-state index contributed by atoms with van der Waals surface area (Å²) < 4.78 is 0. The molecular weight excluding hydrogens is 136 g/mol. The minimum absolute atomic E-state index is 0.465. The van der Waals surface area contributed by atoms with Crippen molar-refractivity contribution in [2.24, 2.45) is 5.92 Å². The topological polar surface area (TPSA) is 20.2 Å². The van der Waals surface area contributed by atoms with Crippen molar-refractivity contribution in [1.29, 1.82) is 0 Å². The molecule has 0 spiro atoms. The Labute approximate surface area is 69.1 Å². The molecule has 0 saturated carbocycles. The molecule has 0 radical (unpaired) electrons. The third-order valence-electron chi connectivity index (χ3n) is 2.58. The fraction of sp³-hybridized carbons (Fsp3) is 0.800. The van der Waals surface area contributed by atoms with Crippen LogP contribution in [0.3, 0.4) is 0 Å². The minimum Gasteiger partial charge on any atom is -0.390 e. The molecule has 1 nitrogen and oxygen atoms in total. The molecule has 0 bridgehead atoms. The van der Waals surface area contributed by atoms with Crippen molar-refractivity contribution in [2.45, 2.75) is 45.6 Å². The van der Waals surface area contributed by atoms with Crippen molar-refractivity contribution in [3.63, 3.8) is 0 Å². The zero-order valence-electron chi connectivity index (χ0n) is 7.72. The highest BCUT2D eigenvalue weighted by Crippen LogP contribution is 2.31. The highest BCUT2D eigenvalue weighted by molar-refractivity contribution is 5.05. The van der Waals surface area contributed by atoms with Crippen LogP contribution in [0, 0.1) is 5.92 Å². The van der Waals surface area contributed by atoms with Crippen molar-refractivity contribution < 1.29 is 5.11 Å². The Morgan fingerprint density at radius 3 is 2.55 bits per heavy atom. The molecule has 0 aromatic heterocycles. The van der Waals surface area contributed by atoms with Crippen LogP contribution in [-0.2, 0) is 0 Å². The molecule has 0 heterocycles. The van der Waals surface area contributed by atoms with Crippen LogP contribution in [0.1, 0.15) is 40.0 Å². The average molecular weight is 154 g/mol. The number of hydrogen-bond donors (Lipinski definition) is 1. The van der Waals surface area contributed by atoms with E-state index in [1.165, 1.54) is 5.57 Å². The van der Waals surface area contributed by atoms with Gasteiger partial charge in [-0.15, -0.1) is 0 Å². The maximum atomic E-state index is 9.73. The van der Waals surface area contributed by atoms with E-state index in [0.717, 1.165) is 19.3 Å². The standard InChI is InChI=1S/C10H18O/c1-8-5-4-6-9(7-8)10(2,3)11/h5,9,11H,4,6-7H2,1-3H3. The average Bonchev–Trinajstić information content (AvgIpc) is 1.86. The van der Waals surface area contributed by atoms with Gasteiger partial charge in [0.05, 0.1) is 5.60 Å². The van der Waals surface area contributed by atoms with Crippen molar-refractivity contribution in [2.75, 3.05) is 0 Å². The van der Waals surface area contributed by atoms with E-state index in [-0.39, 0.29) is 0 Å². The molecule has 0 aromatic rings. The Morgan fingerprint density at radius 2 is 2.18 bits per heavy atom. The van der Waals surface area contributed by atoms with Gasteiger partial charge in [-0.2, -0.15) is 0 Å². The predicted octanol–water partition coefficient (Wildman–Crippen LogP) is 2.50. The third-order valence-corrected chi connectivity index (χ3v) is 2.58. The van der Waals surface area contributed by atoms with Gasteiger partial charge in [-0.3, -0.25) is 0 Å². The van der Waals surface area contributed by atoms with E-state index in [9.17, 15) is 5.11 Å². The molecule has 1 N–H and O–H groups in total. The Morgan fingerprint density at radius 1 is 1.55 bits per heavy atom. The van der Waals surface area contributed by atoms with E-state index in [4.69, 9.17) is 0 Å². The molecule has 1 aliphatic rings. The molecule has 11 heavy (non-hydrogen) atoms. The van der Waals surface area contributed by atoms with Gasteiger partial charge in [0, 0.05) is 0 Å². The summed E-state index contributed by atoms with van der Waals surface area (Å²) in [5, 5.41) is 9.73. The fourth-order valence-corrected chi connectivity index (χ4v) is 1.71. The van der Waals surface area contributed by atoms with Gasteiger partial charge in [0.15, 0.2) is 0 Å². The molecule has 1 heteroatoms. The Hall–Kier alpha value is -0.300. The Bertz CT molecular complexity index is 162. The SMILES string of the molecule is CC1=CCCC(C(C)(C)O)C1. The molecule has 0 amide bonds. The minimum atomic E-state index is -0.491. The molecule has 1 atom stereocenters. The summed E-state index contributed by atoms with van der Waals surface area (Å²) in [6, 6.07) is 0. The second-order valence-electron chi connectivity index (χ2n) is 4.18. The largest absolute Gasteiger partial charge is 0.390 e. The summed E-state index contributed by atoms with van der Waals surface area (Å²) >= 11 is 0. The van der Waals surface area contributed by atoms with Crippen molar-refractivity contribution >= 4 is 0 Å².